The van der Waals surface area contributed by atoms with Crippen LogP contribution in [0, 0.1) is 5.82 Å². The summed E-state index contributed by atoms with van der Waals surface area (Å²) in [5.74, 6) is -0.761. The molecule has 1 atom stereocenters. The van der Waals surface area contributed by atoms with Gasteiger partial charge in [0.2, 0.25) is 0 Å². The molecule has 0 fully saturated rings. The predicted molar refractivity (Wildman–Crippen MR) is 96.3 cm³/mol. The summed E-state index contributed by atoms with van der Waals surface area (Å²) in [5.41, 5.74) is 1.65. The summed E-state index contributed by atoms with van der Waals surface area (Å²) in [6.07, 6.45) is 0. The Bertz CT molecular complexity index is 871. The van der Waals surface area contributed by atoms with Crippen LogP contribution in [-0.4, -0.2) is 30.5 Å². The van der Waals surface area contributed by atoms with E-state index in [1.807, 2.05) is 12.1 Å². The Morgan fingerprint density at radius 1 is 1.31 bits per heavy atom. The molecule has 0 saturated carbocycles. The van der Waals surface area contributed by atoms with Gasteiger partial charge in [-0.15, -0.1) is 0 Å². The van der Waals surface area contributed by atoms with Crippen molar-refractivity contribution in [1.29, 1.82) is 0 Å². The monoisotopic (exact) mass is 421 g/mol. The highest BCUT2D eigenvalue weighted by Gasteiger charge is 2.37. The number of amides is 1. The second-order valence-electron chi connectivity index (χ2n) is 5.98. The van der Waals surface area contributed by atoms with E-state index in [2.05, 4.69) is 15.9 Å². The van der Waals surface area contributed by atoms with E-state index in [1.165, 1.54) is 37.1 Å². The van der Waals surface area contributed by atoms with E-state index in [9.17, 15) is 14.0 Å². The van der Waals surface area contributed by atoms with Gasteiger partial charge in [-0.3, -0.25) is 9.59 Å². The van der Waals surface area contributed by atoms with Crippen molar-refractivity contribution >= 4 is 27.6 Å². The molecule has 2 aromatic rings. The standard InChI is InChI=1S/C19H17BrFNO4/c1-11(23)18(16-8-14(21)5-6-17(16)26-10-25-2)22-9-12-3-4-13(20)7-15(12)19(22)24/h3-8,18H,9-10H2,1-2H3. The molecule has 0 radical (unpaired) electrons. The van der Waals surface area contributed by atoms with Crippen LogP contribution in [0.5, 0.6) is 5.75 Å². The number of hydrogen-bond acceptors (Lipinski definition) is 4. The first-order valence-electron chi connectivity index (χ1n) is 7.93. The lowest BCUT2D eigenvalue weighted by Crippen LogP contribution is -2.34. The third kappa shape index (κ3) is 3.50. The third-order valence-electron chi connectivity index (χ3n) is 4.20. The second-order valence-corrected chi connectivity index (χ2v) is 6.90. The molecular formula is C19H17BrFNO4. The molecule has 0 aromatic heterocycles. The maximum absolute atomic E-state index is 13.9. The van der Waals surface area contributed by atoms with Crippen LogP contribution in [0.1, 0.15) is 34.5 Å². The van der Waals surface area contributed by atoms with Crippen molar-refractivity contribution in [3.05, 3.63) is 63.4 Å². The van der Waals surface area contributed by atoms with E-state index in [0.717, 1.165) is 10.0 Å². The lowest BCUT2D eigenvalue weighted by Gasteiger charge is -2.27. The minimum Gasteiger partial charge on any atom is -0.467 e. The number of Topliss-reactive ketones (excluding diaryl/α,β-unsaturated/α-hetero) is 1. The Hall–Kier alpha value is -2.25. The van der Waals surface area contributed by atoms with E-state index in [1.54, 1.807) is 6.07 Å². The smallest absolute Gasteiger partial charge is 0.255 e. The van der Waals surface area contributed by atoms with Gasteiger partial charge in [0.05, 0.1) is 0 Å². The highest BCUT2D eigenvalue weighted by Crippen LogP contribution is 2.37. The molecule has 3 rings (SSSR count). The molecule has 7 heteroatoms. The molecule has 1 heterocycles. The number of carbonyl (C=O) groups excluding carboxylic acids is 2. The number of fused-ring (bicyclic) bond motifs is 1. The first-order chi connectivity index (χ1) is 12.4. The van der Waals surface area contributed by atoms with Crippen LogP contribution in [0.2, 0.25) is 0 Å². The maximum atomic E-state index is 13.9. The predicted octanol–water partition coefficient (Wildman–Crippen LogP) is 3.86. The molecule has 0 spiro atoms. The fourth-order valence-electron chi connectivity index (χ4n) is 3.10. The molecule has 26 heavy (non-hydrogen) atoms. The molecule has 2 aromatic carbocycles. The van der Waals surface area contributed by atoms with Gasteiger partial charge in [0, 0.05) is 29.3 Å². The van der Waals surface area contributed by atoms with Crippen LogP contribution in [-0.2, 0) is 16.1 Å². The van der Waals surface area contributed by atoms with Gasteiger partial charge in [0.25, 0.3) is 5.91 Å². The van der Waals surface area contributed by atoms with E-state index in [-0.39, 0.29) is 25.0 Å². The molecule has 0 N–H and O–H groups in total. The molecule has 1 amide bonds. The summed E-state index contributed by atoms with van der Waals surface area (Å²) in [5, 5.41) is 0. The Kier molecular flexibility index (Phi) is 5.38. The zero-order valence-corrected chi connectivity index (χ0v) is 15.9. The van der Waals surface area contributed by atoms with Crippen LogP contribution < -0.4 is 4.74 Å². The molecular weight excluding hydrogens is 405 g/mol. The van der Waals surface area contributed by atoms with Gasteiger partial charge < -0.3 is 14.4 Å². The van der Waals surface area contributed by atoms with Gasteiger partial charge in [-0.2, -0.15) is 0 Å². The summed E-state index contributed by atoms with van der Waals surface area (Å²) in [4.78, 5) is 26.7. The molecule has 136 valence electrons. The number of benzene rings is 2. The average molecular weight is 422 g/mol. The topological polar surface area (TPSA) is 55.8 Å². The van der Waals surface area contributed by atoms with Gasteiger partial charge in [0.15, 0.2) is 12.6 Å². The van der Waals surface area contributed by atoms with Crippen LogP contribution in [0.25, 0.3) is 0 Å². The minimum absolute atomic E-state index is 0.0512. The van der Waals surface area contributed by atoms with E-state index >= 15 is 0 Å². The van der Waals surface area contributed by atoms with E-state index in [0.29, 0.717) is 16.9 Å². The molecule has 1 aliphatic rings. The number of rotatable bonds is 6. The number of carbonyl (C=O) groups is 2. The quantitative estimate of drug-likeness (QED) is 0.664. The van der Waals surface area contributed by atoms with Crippen LogP contribution in [0.15, 0.2) is 40.9 Å². The Morgan fingerprint density at radius 2 is 2.08 bits per heavy atom. The number of ether oxygens (including phenoxy) is 2. The van der Waals surface area contributed by atoms with Crippen molar-refractivity contribution in [2.75, 3.05) is 13.9 Å². The summed E-state index contributed by atoms with van der Waals surface area (Å²) >= 11 is 3.35. The molecule has 0 aliphatic carbocycles. The lowest BCUT2D eigenvalue weighted by molar-refractivity contribution is -0.121. The summed E-state index contributed by atoms with van der Waals surface area (Å²) in [7, 11) is 1.46. The summed E-state index contributed by atoms with van der Waals surface area (Å²) in [6.45, 7) is 1.60. The van der Waals surface area contributed by atoms with Gasteiger partial charge in [-0.05, 0) is 42.8 Å². The van der Waals surface area contributed by atoms with Crippen molar-refractivity contribution in [2.45, 2.75) is 19.5 Å². The number of nitrogens with zero attached hydrogens (tertiary/aromatic N) is 1. The number of methoxy groups -OCH3 is 1. The van der Waals surface area contributed by atoms with Gasteiger partial charge in [0.1, 0.15) is 17.6 Å². The fourth-order valence-corrected chi connectivity index (χ4v) is 3.46. The molecule has 1 unspecified atom stereocenters. The largest absolute Gasteiger partial charge is 0.467 e. The zero-order chi connectivity index (χ0) is 18.8. The summed E-state index contributed by atoms with van der Waals surface area (Å²) in [6, 6.07) is 8.35. The van der Waals surface area contributed by atoms with Crippen molar-refractivity contribution in [1.82, 2.24) is 4.90 Å². The van der Waals surface area contributed by atoms with E-state index in [4.69, 9.17) is 9.47 Å². The van der Waals surface area contributed by atoms with Crippen LogP contribution in [0.3, 0.4) is 0 Å². The highest BCUT2D eigenvalue weighted by molar-refractivity contribution is 9.10. The number of hydrogen-bond donors (Lipinski definition) is 0. The highest BCUT2D eigenvalue weighted by atomic mass is 79.9. The molecule has 0 bridgehead atoms. The second kappa shape index (κ2) is 7.55. The SMILES string of the molecule is COCOc1ccc(F)cc1C(C(C)=O)N1Cc2ccc(Br)cc2C1=O. The van der Waals surface area contributed by atoms with Crippen LogP contribution in [0.4, 0.5) is 4.39 Å². The van der Waals surface area contributed by atoms with Crippen LogP contribution >= 0.6 is 15.9 Å². The van der Waals surface area contributed by atoms with Crippen molar-refractivity contribution < 1.29 is 23.5 Å². The Labute approximate surface area is 158 Å². The normalized spacial score (nSPS) is 14.3. The first-order valence-corrected chi connectivity index (χ1v) is 8.72. The fraction of sp³-hybridized carbons (Fsp3) is 0.263. The maximum Gasteiger partial charge on any atom is 0.255 e. The number of ketones is 1. The third-order valence-corrected chi connectivity index (χ3v) is 4.69. The van der Waals surface area contributed by atoms with Crippen molar-refractivity contribution in [2.24, 2.45) is 0 Å². The Balaban J connectivity index is 2.03. The molecule has 5 nitrogen and oxygen atoms in total. The van der Waals surface area contributed by atoms with Crippen molar-refractivity contribution in [3.63, 3.8) is 0 Å². The first kappa shape index (κ1) is 18.5. The average Bonchev–Trinajstić information content (AvgIpc) is 2.90. The summed E-state index contributed by atoms with van der Waals surface area (Å²) < 4.78 is 25.0. The minimum atomic E-state index is -0.948. The molecule has 1 aliphatic heterocycles. The van der Waals surface area contributed by atoms with Gasteiger partial charge >= 0.3 is 0 Å². The van der Waals surface area contributed by atoms with Crippen molar-refractivity contribution in [3.8, 4) is 5.75 Å². The van der Waals surface area contributed by atoms with E-state index < -0.39 is 11.9 Å². The number of halogens is 2. The Morgan fingerprint density at radius 3 is 2.77 bits per heavy atom. The van der Waals surface area contributed by atoms with Gasteiger partial charge in [-0.25, -0.2) is 4.39 Å². The zero-order valence-electron chi connectivity index (χ0n) is 14.3. The molecule has 0 saturated heterocycles. The van der Waals surface area contributed by atoms with Gasteiger partial charge in [-0.1, -0.05) is 22.0 Å². The lowest BCUT2D eigenvalue weighted by atomic mass is 10.0.